The van der Waals surface area contributed by atoms with E-state index in [0.29, 0.717) is 6.42 Å². The van der Waals surface area contributed by atoms with Crippen LogP contribution in [0.4, 0.5) is 0 Å². The molecular weight excluding hydrogens is 514 g/mol. The van der Waals surface area contributed by atoms with Gasteiger partial charge in [0.1, 0.15) is 18.1 Å². The molecule has 0 saturated heterocycles. The number of nitrogens with zero attached hydrogens (tertiary/aromatic N) is 1. The highest BCUT2D eigenvalue weighted by Gasteiger charge is 2.32. The molecule has 0 aliphatic rings. The minimum atomic E-state index is -1.84. The fourth-order valence-corrected chi connectivity index (χ4v) is 2.92. The molecule has 18 heteroatoms. The monoisotopic (exact) mass is 547 g/mol. The highest BCUT2D eigenvalue weighted by atomic mass is 16.4. The van der Waals surface area contributed by atoms with Crippen LogP contribution in [0, 0.1) is 0 Å². The predicted molar refractivity (Wildman–Crippen MR) is 127 cm³/mol. The van der Waals surface area contributed by atoms with Crippen molar-refractivity contribution in [2.24, 2.45) is 22.2 Å². The van der Waals surface area contributed by atoms with Gasteiger partial charge in [-0.3, -0.25) is 33.8 Å². The van der Waals surface area contributed by atoms with E-state index in [1.165, 1.54) is 0 Å². The molecule has 0 aliphatic carbocycles. The van der Waals surface area contributed by atoms with Crippen molar-refractivity contribution in [3.8, 4) is 0 Å². The van der Waals surface area contributed by atoms with E-state index in [1.807, 2.05) is 5.32 Å². The molecule has 0 saturated carbocycles. The molecule has 13 N–H and O–H groups in total. The van der Waals surface area contributed by atoms with E-state index in [-0.39, 0.29) is 18.9 Å². The third-order valence-corrected chi connectivity index (χ3v) is 4.86. The van der Waals surface area contributed by atoms with Crippen LogP contribution in [0.2, 0.25) is 0 Å². The lowest BCUT2D eigenvalue weighted by Crippen LogP contribution is -2.57. The van der Waals surface area contributed by atoms with Crippen molar-refractivity contribution in [3.63, 3.8) is 0 Å². The van der Waals surface area contributed by atoms with Crippen LogP contribution >= 0.6 is 0 Å². The van der Waals surface area contributed by atoms with Crippen LogP contribution in [0.5, 0.6) is 0 Å². The van der Waals surface area contributed by atoms with E-state index in [0.717, 1.165) is 0 Å². The molecule has 0 aromatic heterocycles. The molecule has 0 aliphatic heterocycles. The van der Waals surface area contributed by atoms with E-state index < -0.39 is 97.9 Å². The first kappa shape index (κ1) is 33.5. The highest BCUT2D eigenvalue weighted by molar-refractivity contribution is 5.95. The highest BCUT2D eigenvalue weighted by Crippen LogP contribution is 2.05. The molecule has 0 rings (SSSR count). The second-order valence-corrected chi connectivity index (χ2v) is 8.04. The molecule has 0 fully saturated rings. The predicted octanol–water partition coefficient (Wildman–Crippen LogP) is -3.89. The lowest BCUT2D eigenvalue weighted by Gasteiger charge is -2.24. The van der Waals surface area contributed by atoms with Gasteiger partial charge in [0.15, 0.2) is 5.96 Å². The number of hydrogen-bond acceptors (Lipinski definition) is 9. The zero-order valence-electron chi connectivity index (χ0n) is 20.3. The van der Waals surface area contributed by atoms with Crippen LogP contribution in [-0.2, 0) is 33.6 Å². The van der Waals surface area contributed by atoms with Gasteiger partial charge in [0, 0.05) is 19.4 Å². The summed E-state index contributed by atoms with van der Waals surface area (Å²) in [6, 6.07) is -6.24. The summed E-state index contributed by atoms with van der Waals surface area (Å²) < 4.78 is 0. The molecule has 214 valence electrons. The number of carbonyl (C=O) groups excluding carboxylic acids is 3. The van der Waals surface area contributed by atoms with Gasteiger partial charge in [-0.1, -0.05) is 0 Å². The summed E-state index contributed by atoms with van der Waals surface area (Å²) in [5.41, 5.74) is 16.2. The number of carboxylic acids is 4. The molecule has 18 nitrogen and oxygen atoms in total. The van der Waals surface area contributed by atoms with Crippen molar-refractivity contribution >= 4 is 47.6 Å². The van der Waals surface area contributed by atoms with Crippen LogP contribution < -0.4 is 33.2 Å². The summed E-state index contributed by atoms with van der Waals surface area (Å²) in [4.78, 5) is 85.8. The zero-order valence-corrected chi connectivity index (χ0v) is 20.3. The zero-order chi connectivity index (χ0) is 29.4. The van der Waals surface area contributed by atoms with Crippen LogP contribution in [0.3, 0.4) is 0 Å². The smallest absolute Gasteiger partial charge is 0.326 e. The van der Waals surface area contributed by atoms with Gasteiger partial charge in [0.2, 0.25) is 17.7 Å². The summed E-state index contributed by atoms with van der Waals surface area (Å²) in [7, 11) is 0. The van der Waals surface area contributed by atoms with Crippen molar-refractivity contribution in [1.29, 1.82) is 0 Å². The Kier molecular flexibility index (Phi) is 15.0. The molecule has 4 atom stereocenters. The summed E-state index contributed by atoms with van der Waals surface area (Å²) >= 11 is 0. The third-order valence-electron chi connectivity index (χ3n) is 4.86. The van der Waals surface area contributed by atoms with E-state index in [9.17, 15) is 38.7 Å². The minimum absolute atomic E-state index is 0.0901. The maximum absolute atomic E-state index is 12.8. The molecule has 4 unspecified atom stereocenters. The quantitative estimate of drug-likeness (QED) is 0.0420. The number of carboxylic acid groups (broad SMARTS) is 4. The molecular formula is C20H33N7O11. The van der Waals surface area contributed by atoms with Crippen molar-refractivity contribution in [2.75, 3.05) is 6.54 Å². The van der Waals surface area contributed by atoms with Crippen molar-refractivity contribution < 1.29 is 54.0 Å². The fraction of sp³-hybridized carbons (Fsp3) is 0.600. The topological polar surface area (TPSA) is 327 Å². The normalized spacial score (nSPS) is 13.6. The number of amides is 3. The van der Waals surface area contributed by atoms with Crippen LogP contribution in [0.15, 0.2) is 4.99 Å². The van der Waals surface area contributed by atoms with Gasteiger partial charge < -0.3 is 53.6 Å². The molecule has 0 heterocycles. The molecule has 38 heavy (non-hydrogen) atoms. The molecule has 0 aromatic carbocycles. The molecule has 0 aromatic rings. The Labute approximate surface area is 216 Å². The molecule has 0 spiro atoms. The van der Waals surface area contributed by atoms with Gasteiger partial charge in [-0.15, -0.1) is 0 Å². The standard InChI is InChI=1S/C20H33N7O11/c21-9(2-1-7-24-20(22)23)16(34)25-10(3-5-13(28)29)17(35)27-12(8-15(32)33)18(36)26-11(19(37)38)4-6-14(30)31/h9-12H,1-8,21H2,(H,25,34)(H,26,36)(H,27,35)(H,28,29)(H,30,31)(H,32,33)(H,37,38)(H4,22,23,24). The number of aliphatic carboxylic acids is 4. The molecule has 0 bridgehead atoms. The Bertz CT molecular complexity index is 921. The Balaban J connectivity index is 5.52. The molecule has 3 amide bonds. The van der Waals surface area contributed by atoms with Crippen LogP contribution in [-0.4, -0.2) is 98.7 Å². The number of hydrogen-bond donors (Lipinski definition) is 10. The first-order valence-electron chi connectivity index (χ1n) is 11.2. The Morgan fingerprint density at radius 1 is 0.658 bits per heavy atom. The number of nitrogens with one attached hydrogen (secondary N) is 3. The largest absolute Gasteiger partial charge is 0.481 e. The van der Waals surface area contributed by atoms with E-state index >= 15 is 0 Å². The van der Waals surface area contributed by atoms with Crippen molar-refractivity contribution in [3.05, 3.63) is 0 Å². The first-order valence-corrected chi connectivity index (χ1v) is 11.2. The fourth-order valence-electron chi connectivity index (χ4n) is 2.92. The van der Waals surface area contributed by atoms with Gasteiger partial charge >= 0.3 is 23.9 Å². The SMILES string of the molecule is NC(N)=NCCCC(N)C(=O)NC(CCC(=O)O)C(=O)NC(CC(=O)O)C(=O)NC(CCC(=O)O)C(=O)O. The number of nitrogens with two attached hydrogens (primary N) is 3. The average Bonchev–Trinajstić information content (AvgIpc) is 2.80. The van der Waals surface area contributed by atoms with E-state index in [1.54, 1.807) is 0 Å². The number of carbonyl (C=O) groups is 7. The number of rotatable bonds is 19. The van der Waals surface area contributed by atoms with E-state index in [2.05, 4.69) is 15.6 Å². The first-order chi connectivity index (χ1) is 17.6. The maximum Gasteiger partial charge on any atom is 0.326 e. The van der Waals surface area contributed by atoms with Gasteiger partial charge in [0.05, 0.1) is 12.5 Å². The summed E-state index contributed by atoms with van der Waals surface area (Å²) in [5, 5.41) is 42.3. The third kappa shape index (κ3) is 14.8. The summed E-state index contributed by atoms with van der Waals surface area (Å²) in [5.74, 6) is -9.21. The Hall–Kier alpha value is -4.48. The van der Waals surface area contributed by atoms with Gasteiger partial charge in [-0.05, 0) is 25.7 Å². The Morgan fingerprint density at radius 3 is 1.61 bits per heavy atom. The number of guanidine groups is 1. The van der Waals surface area contributed by atoms with Crippen molar-refractivity contribution in [2.45, 2.75) is 69.1 Å². The second-order valence-electron chi connectivity index (χ2n) is 8.04. The lowest BCUT2D eigenvalue weighted by atomic mass is 10.1. The van der Waals surface area contributed by atoms with Gasteiger partial charge in [-0.2, -0.15) is 0 Å². The summed E-state index contributed by atoms with van der Waals surface area (Å²) in [6.45, 7) is 0.169. The second kappa shape index (κ2) is 17.1. The molecule has 0 radical (unpaired) electrons. The lowest BCUT2D eigenvalue weighted by molar-refractivity contribution is -0.144. The van der Waals surface area contributed by atoms with Crippen LogP contribution in [0.1, 0.15) is 44.9 Å². The average molecular weight is 548 g/mol. The van der Waals surface area contributed by atoms with Gasteiger partial charge in [0.25, 0.3) is 0 Å². The van der Waals surface area contributed by atoms with Crippen molar-refractivity contribution in [1.82, 2.24) is 16.0 Å². The Morgan fingerprint density at radius 2 is 1.13 bits per heavy atom. The van der Waals surface area contributed by atoms with E-state index in [4.69, 9.17) is 32.5 Å². The maximum atomic E-state index is 12.8. The van der Waals surface area contributed by atoms with Crippen LogP contribution in [0.25, 0.3) is 0 Å². The number of aliphatic imine (C=N–C) groups is 1. The minimum Gasteiger partial charge on any atom is -0.481 e. The summed E-state index contributed by atoms with van der Waals surface area (Å²) in [6.07, 6.45) is -2.81. The van der Waals surface area contributed by atoms with Gasteiger partial charge in [-0.25, -0.2) is 4.79 Å².